The molecule has 0 aromatic rings. The van der Waals surface area contributed by atoms with Gasteiger partial charge in [0, 0.05) is 22.7 Å². The number of hydrogen-bond donors (Lipinski definition) is 2. The summed E-state index contributed by atoms with van der Waals surface area (Å²) in [6, 6.07) is -4.23. The first-order chi connectivity index (χ1) is 14.7. The van der Waals surface area contributed by atoms with E-state index in [0.717, 1.165) is 0 Å². The van der Waals surface area contributed by atoms with Crippen molar-refractivity contribution < 1.29 is 39.8 Å². The molecule has 0 bridgehead atoms. The summed E-state index contributed by atoms with van der Waals surface area (Å²) in [5.41, 5.74) is -6.34. The van der Waals surface area contributed by atoms with E-state index in [2.05, 4.69) is 0 Å². The van der Waals surface area contributed by atoms with E-state index in [1.165, 1.54) is 0 Å². The van der Waals surface area contributed by atoms with E-state index in [1.54, 1.807) is 0 Å². The van der Waals surface area contributed by atoms with Gasteiger partial charge in [-0.1, -0.05) is 0 Å². The predicted molar refractivity (Wildman–Crippen MR) is 96.9 cm³/mol. The molecule has 2 N–H and O–H groups in total. The first-order valence-corrected chi connectivity index (χ1v) is 8.78. The maximum atomic E-state index is 11.3. The van der Waals surface area contributed by atoms with Crippen LogP contribution in [-0.2, 0) is 0 Å². The van der Waals surface area contributed by atoms with Crippen LogP contribution in [0.3, 0.4) is 0 Å². The van der Waals surface area contributed by atoms with Crippen molar-refractivity contribution in [2.45, 2.75) is 61.9 Å². The minimum absolute atomic E-state index is 0.919. The molecule has 182 valence electrons. The highest BCUT2D eigenvalue weighted by Gasteiger charge is 2.61. The van der Waals surface area contributed by atoms with Crippen LogP contribution in [0.15, 0.2) is 0 Å². The Kier molecular flexibility index (Phi) is 10.3. The average Bonchev–Trinajstić information content (AvgIpc) is 2.66. The monoisotopic (exact) mass is 472 g/mol. The molecule has 2 atom stereocenters. The first-order valence-electron chi connectivity index (χ1n) is 8.78. The van der Waals surface area contributed by atoms with Crippen LogP contribution in [0.25, 0.3) is 0 Å². The number of aliphatic hydroxyl groups excluding tert-OH is 2. The number of nitro groups is 6. The predicted octanol–water partition coefficient (Wildman–Crippen LogP) is -0.898. The molecule has 0 spiro atoms. The summed E-state index contributed by atoms with van der Waals surface area (Å²) in [6.07, 6.45) is -6.76. The van der Waals surface area contributed by atoms with Gasteiger partial charge in [-0.15, -0.1) is 0 Å². The Morgan fingerprint density at radius 2 is 0.812 bits per heavy atom. The Morgan fingerprint density at radius 1 is 0.562 bits per heavy atom. The van der Waals surface area contributed by atoms with Gasteiger partial charge in [0.25, 0.3) is 0 Å². The van der Waals surface area contributed by atoms with Gasteiger partial charge in [-0.3, -0.25) is 60.7 Å². The molecule has 0 aliphatic carbocycles. The lowest BCUT2D eigenvalue weighted by molar-refractivity contribution is -0.805. The zero-order valence-electron chi connectivity index (χ0n) is 16.3. The van der Waals surface area contributed by atoms with Crippen LogP contribution in [0.5, 0.6) is 0 Å². The van der Waals surface area contributed by atoms with Crippen molar-refractivity contribution in [1.82, 2.24) is 0 Å². The largest absolute Gasteiger partial charge is 0.467 e. The van der Waals surface area contributed by atoms with E-state index in [4.69, 9.17) is 10.2 Å². The highest BCUT2D eigenvalue weighted by molar-refractivity contribution is 4.77. The van der Waals surface area contributed by atoms with Crippen LogP contribution in [0.4, 0.5) is 0 Å². The second-order valence-electron chi connectivity index (χ2n) is 6.80. The molecular formula is C12H20N6O14. The lowest BCUT2D eigenvalue weighted by Crippen LogP contribution is -2.51. The summed E-state index contributed by atoms with van der Waals surface area (Å²) >= 11 is 0. The van der Waals surface area contributed by atoms with Gasteiger partial charge < -0.3 is 10.2 Å². The number of hydrogen-bond acceptors (Lipinski definition) is 14. The van der Waals surface area contributed by atoms with Gasteiger partial charge in [0.15, 0.2) is 12.8 Å². The summed E-state index contributed by atoms with van der Waals surface area (Å²) in [5, 5.41) is 85.3. The lowest BCUT2D eigenvalue weighted by atomic mass is 9.91. The highest BCUT2D eigenvalue weighted by atomic mass is 16.7. The quantitative estimate of drug-likeness (QED) is 0.147. The third-order valence-electron chi connectivity index (χ3n) is 4.94. The first kappa shape index (κ1) is 28.3. The van der Waals surface area contributed by atoms with E-state index in [1.807, 2.05) is 0 Å². The summed E-state index contributed by atoms with van der Waals surface area (Å²) in [5.74, 6) is 0. The zero-order chi connectivity index (χ0) is 25.3. The van der Waals surface area contributed by atoms with Crippen LogP contribution in [0.1, 0.15) is 38.5 Å². The molecule has 0 saturated heterocycles. The van der Waals surface area contributed by atoms with Gasteiger partial charge in [-0.25, -0.2) is 0 Å². The second-order valence-corrected chi connectivity index (χ2v) is 6.80. The maximum absolute atomic E-state index is 11.3. The molecule has 0 radical (unpaired) electrons. The SMILES string of the molecule is O=[N+]([O-])C(CCC(CC(CCO)([N+](=O)[O-])[N+](=O)[O-])[N+](=O)[O-])CC(CCO)([N+](=O)[O-])[N+](=O)[O-]. The van der Waals surface area contributed by atoms with Crippen molar-refractivity contribution in [3.05, 3.63) is 60.7 Å². The normalized spacial score (nSPS) is 13.7. The maximum Gasteiger partial charge on any atom is 0.467 e. The van der Waals surface area contributed by atoms with Crippen molar-refractivity contribution in [2.75, 3.05) is 13.2 Å². The van der Waals surface area contributed by atoms with Crippen LogP contribution in [0, 0.1) is 60.7 Å². The molecular weight excluding hydrogens is 452 g/mol. The van der Waals surface area contributed by atoms with Crippen molar-refractivity contribution in [3.8, 4) is 0 Å². The Bertz CT molecular complexity index is 668. The molecule has 0 saturated carbocycles. The van der Waals surface area contributed by atoms with Crippen molar-refractivity contribution in [1.29, 1.82) is 0 Å². The standard InChI is InChI=1S/C12H20N6O14/c19-5-3-11(15(25)26,16(27)28)7-9(13(21)22)1-2-10(14(23)24)8-12(4-6-20,17(29)30)18(31)32/h9-10,19-20H,1-8H2. The fourth-order valence-electron chi connectivity index (χ4n) is 3.06. The molecule has 0 amide bonds. The average molecular weight is 472 g/mol. The van der Waals surface area contributed by atoms with E-state index < -0.39 is 105 Å². The van der Waals surface area contributed by atoms with E-state index >= 15 is 0 Å². The second kappa shape index (κ2) is 11.6. The molecule has 20 nitrogen and oxygen atoms in total. The van der Waals surface area contributed by atoms with E-state index in [-0.39, 0.29) is 0 Å². The van der Waals surface area contributed by atoms with E-state index in [0.29, 0.717) is 0 Å². The third-order valence-corrected chi connectivity index (χ3v) is 4.94. The summed E-state index contributed by atoms with van der Waals surface area (Å²) < 4.78 is 0. The fourth-order valence-corrected chi connectivity index (χ4v) is 3.06. The summed E-state index contributed by atoms with van der Waals surface area (Å²) in [6.45, 7) is -2.14. The third kappa shape index (κ3) is 6.41. The van der Waals surface area contributed by atoms with Crippen molar-refractivity contribution in [2.24, 2.45) is 0 Å². The molecule has 0 aromatic heterocycles. The van der Waals surface area contributed by atoms with Gasteiger partial charge in [0.1, 0.15) is 12.8 Å². The Labute approximate surface area is 176 Å². The van der Waals surface area contributed by atoms with E-state index in [9.17, 15) is 60.7 Å². The Hall–Kier alpha value is -3.68. The molecule has 0 aromatic carbocycles. The zero-order valence-corrected chi connectivity index (χ0v) is 16.3. The Balaban J connectivity index is 5.87. The molecule has 2 unspecified atom stereocenters. The molecule has 0 fully saturated rings. The van der Waals surface area contributed by atoms with Gasteiger partial charge in [0.2, 0.25) is 12.1 Å². The van der Waals surface area contributed by atoms with Gasteiger partial charge >= 0.3 is 11.3 Å². The van der Waals surface area contributed by atoms with Crippen molar-refractivity contribution >= 4 is 0 Å². The molecule has 0 aliphatic rings. The van der Waals surface area contributed by atoms with Crippen LogP contribution >= 0.6 is 0 Å². The van der Waals surface area contributed by atoms with Gasteiger partial charge in [0.05, 0.1) is 32.9 Å². The molecule has 0 heterocycles. The number of nitrogens with zero attached hydrogens (tertiary/aromatic N) is 6. The number of rotatable bonds is 17. The molecule has 0 rings (SSSR count). The van der Waals surface area contributed by atoms with Gasteiger partial charge in [-0.2, -0.15) is 0 Å². The molecule has 32 heavy (non-hydrogen) atoms. The summed E-state index contributed by atoms with van der Waals surface area (Å²) in [7, 11) is 0. The van der Waals surface area contributed by atoms with Crippen LogP contribution in [-0.4, -0.2) is 76.4 Å². The molecule has 0 aliphatic heterocycles. The highest BCUT2D eigenvalue weighted by Crippen LogP contribution is 2.29. The minimum atomic E-state index is -3.17. The van der Waals surface area contributed by atoms with Crippen LogP contribution in [0.2, 0.25) is 0 Å². The molecule has 20 heteroatoms. The van der Waals surface area contributed by atoms with Crippen LogP contribution < -0.4 is 0 Å². The minimum Gasteiger partial charge on any atom is -0.396 e. The topological polar surface area (TPSA) is 299 Å². The fraction of sp³-hybridized carbons (Fsp3) is 1.00. The number of aliphatic hydroxyl groups is 2. The van der Waals surface area contributed by atoms with Gasteiger partial charge in [-0.05, 0) is 0 Å². The van der Waals surface area contributed by atoms with Crippen molar-refractivity contribution in [3.63, 3.8) is 0 Å². The Morgan fingerprint density at radius 3 is 0.969 bits per heavy atom. The smallest absolute Gasteiger partial charge is 0.396 e. The summed E-state index contributed by atoms with van der Waals surface area (Å²) in [4.78, 5) is 59.4. The lowest BCUT2D eigenvalue weighted by Gasteiger charge is -2.20.